The molecule has 0 saturated heterocycles. The lowest BCUT2D eigenvalue weighted by Crippen LogP contribution is -2.33. The summed E-state index contributed by atoms with van der Waals surface area (Å²) in [5.74, 6) is -2.85. The number of hydrogen-bond acceptors (Lipinski definition) is 6. The molecule has 8 nitrogen and oxygen atoms in total. The summed E-state index contributed by atoms with van der Waals surface area (Å²) in [7, 11) is 4.19. The Kier molecular flexibility index (Phi) is 11.6. The number of ether oxygens (including phenoxy) is 1. The first-order chi connectivity index (χ1) is 14.3. The molecule has 0 aliphatic carbocycles. The number of carboxylic acids is 2. The molecule has 2 aromatic rings. The van der Waals surface area contributed by atoms with Crippen LogP contribution in [0.5, 0.6) is 5.75 Å². The van der Waals surface area contributed by atoms with Gasteiger partial charge in [0.25, 0.3) is 0 Å². The van der Waals surface area contributed by atoms with Gasteiger partial charge in [0.2, 0.25) is 0 Å². The van der Waals surface area contributed by atoms with Crippen LogP contribution in [0.15, 0.2) is 60.7 Å². The van der Waals surface area contributed by atoms with Gasteiger partial charge in [-0.05, 0) is 37.7 Å². The summed E-state index contributed by atoms with van der Waals surface area (Å²) in [6, 6.07) is 20.0. The van der Waals surface area contributed by atoms with E-state index < -0.39 is 18.0 Å². The maximum absolute atomic E-state index is 10.1. The Labute approximate surface area is 176 Å². The number of rotatable bonds is 10. The number of hydrogen-bond donors (Lipinski definition) is 3. The van der Waals surface area contributed by atoms with Crippen LogP contribution in [0.3, 0.4) is 0 Å². The first-order valence-corrected chi connectivity index (χ1v) is 9.56. The highest BCUT2D eigenvalue weighted by molar-refractivity contribution is 6.27. The predicted molar refractivity (Wildman–Crippen MR) is 115 cm³/mol. The molecule has 0 aliphatic rings. The molecule has 0 aromatic heterocycles. The van der Waals surface area contributed by atoms with Gasteiger partial charge in [-0.1, -0.05) is 36.4 Å². The zero-order chi connectivity index (χ0) is 22.4. The van der Waals surface area contributed by atoms with E-state index in [1.165, 1.54) is 5.69 Å². The Balaban J connectivity index is 0.000000656. The first-order valence-electron chi connectivity index (χ1n) is 9.56. The normalized spacial score (nSPS) is 11.2. The van der Waals surface area contributed by atoms with Crippen molar-refractivity contribution >= 4 is 17.6 Å². The Morgan fingerprint density at radius 3 is 1.93 bits per heavy atom. The average Bonchev–Trinajstić information content (AvgIpc) is 2.76. The Hall–Kier alpha value is -3.10. The van der Waals surface area contributed by atoms with Gasteiger partial charge in [-0.15, -0.1) is 0 Å². The van der Waals surface area contributed by atoms with Crippen molar-refractivity contribution in [2.75, 3.05) is 45.2 Å². The number of anilines is 1. The number of carboxylic acid groups (broad SMARTS) is 2. The van der Waals surface area contributed by atoms with Gasteiger partial charge in [0.05, 0.1) is 6.10 Å². The van der Waals surface area contributed by atoms with E-state index in [4.69, 9.17) is 24.5 Å². The summed E-state index contributed by atoms with van der Waals surface area (Å²) in [5.41, 5.74) is 1.22. The largest absolute Gasteiger partial charge is 0.491 e. The highest BCUT2D eigenvalue weighted by Crippen LogP contribution is 2.11. The van der Waals surface area contributed by atoms with Gasteiger partial charge in [0.1, 0.15) is 12.4 Å². The number of benzene rings is 2. The molecule has 1 unspecified atom stereocenters. The molecule has 0 fully saturated rings. The van der Waals surface area contributed by atoms with Gasteiger partial charge in [0, 0.05) is 32.4 Å². The van der Waals surface area contributed by atoms with E-state index in [1.807, 2.05) is 36.4 Å². The lowest BCUT2D eigenvalue weighted by atomic mass is 10.2. The van der Waals surface area contributed by atoms with E-state index >= 15 is 0 Å². The molecule has 1 atom stereocenters. The fraction of sp³-hybridized carbons (Fsp3) is 0.364. The standard InChI is InChI=1S/C20H28N2O2.C2H2O4/c1-21(15-16-22(2)18-9-5-3-6-10-18)14-13-19(23)17-24-20-11-7-4-8-12-20;3-1(4)2(5)6/h3-12,19,23H,13-17H2,1-2H3;(H,3,4)(H,5,6). The van der Waals surface area contributed by atoms with Gasteiger partial charge in [-0.2, -0.15) is 0 Å². The number of aliphatic hydroxyl groups is 1. The van der Waals surface area contributed by atoms with Gasteiger partial charge in [-0.25, -0.2) is 9.59 Å². The van der Waals surface area contributed by atoms with Crippen LogP contribution in [0, 0.1) is 0 Å². The average molecular weight is 418 g/mol. The fourth-order valence-electron chi connectivity index (χ4n) is 2.41. The van der Waals surface area contributed by atoms with Crippen LogP contribution in [0.4, 0.5) is 5.69 Å². The second-order valence-corrected chi connectivity index (χ2v) is 6.74. The van der Waals surface area contributed by atoms with Crippen LogP contribution < -0.4 is 9.64 Å². The maximum Gasteiger partial charge on any atom is 0.414 e. The lowest BCUT2D eigenvalue weighted by molar-refractivity contribution is -0.159. The van der Waals surface area contributed by atoms with Crippen LogP contribution in [0.1, 0.15) is 6.42 Å². The number of nitrogens with zero attached hydrogens (tertiary/aromatic N) is 2. The third-order valence-corrected chi connectivity index (χ3v) is 4.23. The Morgan fingerprint density at radius 2 is 1.40 bits per heavy atom. The molecule has 2 aromatic carbocycles. The van der Waals surface area contributed by atoms with Gasteiger partial charge in [-0.3, -0.25) is 0 Å². The van der Waals surface area contributed by atoms with Crippen molar-refractivity contribution in [2.45, 2.75) is 12.5 Å². The van der Waals surface area contributed by atoms with Gasteiger partial charge < -0.3 is 29.9 Å². The first kappa shape index (κ1) is 24.9. The molecule has 0 aliphatic heterocycles. The second kappa shape index (κ2) is 14.0. The molecule has 0 heterocycles. The molecule has 3 N–H and O–H groups in total. The molecule has 0 saturated carbocycles. The van der Waals surface area contributed by atoms with Crippen LogP contribution in [0.25, 0.3) is 0 Å². The molecule has 0 radical (unpaired) electrons. The van der Waals surface area contributed by atoms with E-state index in [0.717, 1.165) is 25.4 Å². The third-order valence-electron chi connectivity index (χ3n) is 4.23. The van der Waals surface area contributed by atoms with E-state index in [2.05, 4.69) is 48.2 Å². The quantitative estimate of drug-likeness (QED) is 0.503. The van der Waals surface area contributed by atoms with Gasteiger partial charge in [0.15, 0.2) is 0 Å². The van der Waals surface area contributed by atoms with Crippen molar-refractivity contribution in [1.82, 2.24) is 4.90 Å². The smallest absolute Gasteiger partial charge is 0.414 e. The fourth-order valence-corrected chi connectivity index (χ4v) is 2.41. The Morgan fingerprint density at radius 1 is 0.867 bits per heavy atom. The van der Waals surface area contributed by atoms with E-state index in [9.17, 15) is 5.11 Å². The summed E-state index contributed by atoms with van der Waals surface area (Å²) in [4.78, 5) is 22.7. The molecule has 0 spiro atoms. The van der Waals surface area contributed by atoms with Crippen LogP contribution in [0.2, 0.25) is 0 Å². The molecule has 8 heteroatoms. The minimum absolute atomic E-state index is 0.335. The predicted octanol–water partition coefficient (Wildman–Crippen LogP) is 2.04. The molecular weight excluding hydrogens is 388 g/mol. The van der Waals surface area contributed by atoms with Crippen LogP contribution in [-0.4, -0.2) is 78.6 Å². The summed E-state index contributed by atoms with van der Waals surface area (Å²) in [6.07, 6.45) is 0.262. The number of para-hydroxylation sites is 2. The number of aliphatic carboxylic acids is 2. The van der Waals surface area contributed by atoms with Crippen molar-refractivity contribution in [3.8, 4) is 5.75 Å². The zero-order valence-electron chi connectivity index (χ0n) is 17.3. The van der Waals surface area contributed by atoms with Crippen molar-refractivity contribution in [3.63, 3.8) is 0 Å². The Bertz CT molecular complexity index is 730. The molecule has 30 heavy (non-hydrogen) atoms. The van der Waals surface area contributed by atoms with Crippen molar-refractivity contribution in [2.24, 2.45) is 0 Å². The van der Waals surface area contributed by atoms with Crippen molar-refractivity contribution < 1.29 is 29.6 Å². The number of likely N-dealkylation sites (N-methyl/N-ethyl adjacent to an activating group) is 2. The summed E-state index contributed by atoms with van der Waals surface area (Å²) in [6.45, 7) is 3.10. The summed E-state index contributed by atoms with van der Waals surface area (Å²) < 4.78 is 5.58. The molecule has 0 bridgehead atoms. The molecule has 2 rings (SSSR count). The monoisotopic (exact) mass is 418 g/mol. The van der Waals surface area contributed by atoms with Crippen molar-refractivity contribution in [1.29, 1.82) is 0 Å². The minimum Gasteiger partial charge on any atom is -0.491 e. The number of carbonyl (C=O) groups is 2. The second-order valence-electron chi connectivity index (χ2n) is 6.74. The molecule has 164 valence electrons. The lowest BCUT2D eigenvalue weighted by Gasteiger charge is -2.24. The van der Waals surface area contributed by atoms with Crippen molar-refractivity contribution in [3.05, 3.63) is 60.7 Å². The molecule has 0 amide bonds. The van der Waals surface area contributed by atoms with E-state index in [0.29, 0.717) is 13.0 Å². The highest BCUT2D eigenvalue weighted by Gasteiger charge is 2.08. The van der Waals surface area contributed by atoms with E-state index in [-0.39, 0.29) is 0 Å². The van der Waals surface area contributed by atoms with Gasteiger partial charge >= 0.3 is 11.9 Å². The molecular formula is C22H30N2O6. The van der Waals surface area contributed by atoms with Crippen LogP contribution >= 0.6 is 0 Å². The van der Waals surface area contributed by atoms with Crippen LogP contribution in [-0.2, 0) is 9.59 Å². The topological polar surface area (TPSA) is 111 Å². The summed E-state index contributed by atoms with van der Waals surface area (Å²) >= 11 is 0. The number of aliphatic hydroxyl groups excluding tert-OH is 1. The minimum atomic E-state index is -1.82. The summed E-state index contributed by atoms with van der Waals surface area (Å²) in [5, 5.41) is 24.8. The maximum atomic E-state index is 10.1. The van der Waals surface area contributed by atoms with E-state index in [1.54, 1.807) is 0 Å². The highest BCUT2D eigenvalue weighted by atomic mass is 16.5. The third kappa shape index (κ3) is 11.0. The zero-order valence-corrected chi connectivity index (χ0v) is 17.3. The SMILES string of the molecule is CN(CCC(O)COc1ccccc1)CCN(C)c1ccccc1.O=C(O)C(=O)O.